The number of thioether (sulfide) groups is 1. The van der Waals surface area contributed by atoms with E-state index in [0.29, 0.717) is 66.0 Å². The van der Waals surface area contributed by atoms with E-state index in [9.17, 15) is 9.59 Å². The van der Waals surface area contributed by atoms with Crippen LogP contribution in [0.15, 0.2) is 59.1 Å². The lowest BCUT2D eigenvalue weighted by Crippen LogP contribution is -2.50. The van der Waals surface area contributed by atoms with Gasteiger partial charge in [0.15, 0.2) is 11.0 Å². The maximum absolute atomic E-state index is 13.1. The summed E-state index contributed by atoms with van der Waals surface area (Å²) in [5.41, 5.74) is 1.93. The summed E-state index contributed by atoms with van der Waals surface area (Å²) in [4.78, 5) is 32.9. The van der Waals surface area contributed by atoms with Crippen LogP contribution < -0.4 is 4.74 Å². The van der Waals surface area contributed by atoms with Gasteiger partial charge in [-0.2, -0.15) is 0 Å². The molecule has 2 aromatic carbocycles. The van der Waals surface area contributed by atoms with Crippen molar-refractivity contribution in [2.45, 2.75) is 17.8 Å². The predicted octanol–water partition coefficient (Wildman–Crippen LogP) is 5.26. The van der Waals surface area contributed by atoms with Gasteiger partial charge < -0.3 is 19.3 Å². The van der Waals surface area contributed by atoms with Crippen molar-refractivity contribution in [3.63, 3.8) is 0 Å². The molecule has 1 aliphatic heterocycles. The van der Waals surface area contributed by atoms with Gasteiger partial charge >= 0.3 is 6.09 Å². The number of hydrogen-bond donors (Lipinski definition) is 0. The Morgan fingerprint density at radius 1 is 1.02 bits per heavy atom. The van der Waals surface area contributed by atoms with Gasteiger partial charge in [-0.1, -0.05) is 47.6 Å². The number of amides is 2. The standard InChI is InChI=1S/C27H27ClN6O4S2/c1-3-38-27(36)33-14-12-32(13-15-33)25(35)20-16-39-23(29-20)17-40-26-31-30-24(18-8-4-5-9-19(18)28)34(26)21-10-6-7-11-22(21)37-2/h4-11,16H,3,12-15,17H2,1-2H3. The summed E-state index contributed by atoms with van der Waals surface area (Å²) in [6.07, 6.45) is -0.346. The monoisotopic (exact) mass is 598 g/mol. The number of carbonyl (C=O) groups excluding carboxylic acids is 2. The lowest BCUT2D eigenvalue weighted by molar-refractivity contribution is 0.0566. The molecule has 1 saturated heterocycles. The number of thiazole rings is 1. The second kappa shape index (κ2) is 12.7. The molecule has 208 valence electrons. The first-order valence-electron chi connectivity index (χ1n) is 12.6. The van der Waals surface area contributed by atoms with E-state index < -0.39 is 0 Å². The molecule has 40 heavy (non-hydrogen) atoms. The summed E-state index contributed by atoms with van der Waals surface area (Å²) < 4.78 is 12.6. The molecule has 0 radical (unpaired) electrons. The zero-order chi connectivity index (χ0) is 28.1. The van der Waals surface area contributed by atoms with E-state index in [1.807, 2.05) is 53.1 Å². The smallest absolute Gasteiger partial charge is 0.409 e. The van der Waals surface area contributed by atoms with Crippen molar-refractivity contribution in [1.29, 1.82) is 0 Å². The molecule has 5 rings (SSSR count). The predicted molar refractivity (Wildman–Crippen MR) is 155 cm³/mol. The molecule has 0 N–H and O–H groups in total. The summed E-state index contributed by atoms with van der Waals surface area (Å²) >= 11 is 9.40. The molecular formula is C27H27ClN6O4S2. The van der Waals surface area contributed by atoms with Crippen LogP contribution in [0.1, 0.15) is 22.4 Å². The fourth-order valence-electron chi connectivity index (χ4n) is 4.28. The third-order valence-electron chi connectivity index (χ3n) is 6.26. The Labute approximate surface area is 244 Å². The Hall–Kier alpha value is -3.61. The van der Waals surface area contributed by atoms with Crippen molar-refractivity contribution < 1.29 is 19.1 Å². The lowest BCUT2D eigenvalue weighted by Gasteiger charge is -2.33. The van der Waals surface area contributed by atoms with Crippen LogP contribution in [0.5, 0.6) is 5.75 Å². The maximum atomic E-state index is 13.1. The fourth-order valence-corrected chi connectivity index (χ4v) is 6.23. The Morgan fingerprint density at radius 3 is 2.50 bits per heavy atom. The number of methoxy groups -OCH3 is 1. The maximum Gasteiger partial charge on any atom is 0.409 e. The van der Waals surface area contributed by atoms with E-state index in [4.69, 9.17) is 21.1 Å². The van der Waals surface area contributed by atoms with Gasteiger partial charge in [-0.15, -0.1) is 21.5 Å². The van der Waals surface area contributed by atoms with Crippen LogP contribution in [0.2, 0.25) is 5.02 Å². The summed E-state index contributed by atoms with van der Waals surface area (Å²) in [6, 6.07) is 15.1. The number of para-hydroxylation sites is 2. The van der Waals surface area contributed by atoms with Gasteiger partial charge in [0.05, 0.1) is 30.2 Å². The minimum Gasteiger partial charge on any atom is -0.495 e. The fraction of sp³-hybridized carbons (Fsp3) is 0.296. The van der Waals surface area contributed by atoms with Crippen LogP contribution in [-0.2, 0) is 10.5 Å². The number of piperazine rings is 1. The van der Waals surface area contributed by atoms with Gasteiger partial charge in [0.1, 0.15) is 16.5 Å². The van der Waals surface area contributed by atoms with Crippen molar-refractivity contribution in [1.82, 2.24) is 29.5 Å². The first kappa shape index (κ1) is 27.9. The molecule has 10 nitrogen and oxygen atoms in total. The average Bonchev–Trinajstić information content (AvgIpc) is 3.63. The van der Waals surface area contributed by atoms with Crippen LogP contribution in [0.4, 0.5) is 4.79 Å². The summed E-state index contributed by atoms with van der Waals surface area (Å²) in [7, 11) is 1.62. The molecule has 0 spiro atoms. The molecule has 13 heteroatoms. The Bertz CT molecular complexity index is 1500. The number of ether oxygens (including phenoxy) is 2. The minimum atomic E-state index is -0.346. The molecule has 2 amide bonds. The molecule has 0 bridgehead atoms. The van der Waals surface area contributed by atoms with Gasteiger partial charge in [0, 0.05) is 37.1 Å². The van der Waals surface area contributed by atoms with E-state index in [0.717, 1.165) is 16.3 Å². The number of halogens is 1. The first-order valence-corrected chi connectivity index (χ1v) is 14.9. The Kier molecular flexibility index (Phi) is 8.88. The van der Waals surface area contributed by atoms with Gasteiger partial charge in [-0.3, -0.25) is 9.36 Å². The number of hydrogen-bond acceptors (Lipinski definition) is 9. The Morgan fingerprint density at radius 2 is 1.75 bits per heavy atom. The number of carbonyl (C=O) groups is 2. The third-order valence-corrected chi connectivity index (χ3v) is 8.56. The average molecular weight is 599 g/mol. The van der Waals surface area contributed by atoms with Crippen molar-refractivity contribution in [3.8, 4) is 22.8 Å². The molecule has 0 unspecified atom stereocenters. The first-order chi connectivity index (χ1) is 19.5. The summed E-state index contributed by atoms with van der Waals surface area (Å²) in [6.45, 7) is 3.84. The van der Waals surface area contributed by atoms with Crippen molar-refractivity contribution in [2.24, 2.45) is 0 Å². The second-order valence-electron chi connectivity index (χ2n) is 8.69. The highest BCUT2D eigenvalue weighted by Crippen LogP contribution is 2.36. The van der Waals surface area contributed by atoms with Crippen molar-refractivity contribution in [3.05, 3.63) is 69.6 Å². The molecule has 1 fully saturated rings. The number of aromatic nitrogens is 4. The normalized spacial score (nSPS) is 13.4. The highest BCUT2D eigenvalue weighted by Gasteiger charge is 2.27. The van der Waals surface area contributed by atoms with Crippen LogP contribution in [0, 0.1) is 0 Å². The van der Waals surface area contributed by atoms with E-state index >= 15 is 0 Å². The van der Waals surface area contributed by atoms with E-state index in [-0.39, 0.29) is 12.0 Å². The highest BCUT2D eigenvalue weighted by molar-refractivity contribution is 7.98. The largest absolute Gasteiger partial charge is 0.495 e. The minimum absolute atomic E-state index is 0.144. The molecule has 1 aliphatic rings. The third kappa shape index (κ3) is 5.93. The molecule has 2 aromatic heterocycles. The number of benzene rings is 2. The van der Waals surface area contributed by atoms with E-state index in [1.54, 1.807) is 29.2 Å². The topological polar surface area (TPSA) is 103 Å². The zero-order valence-electron chi connectivity index (χ0n) is 21.9. The molecule has 0 saturated carbocycles. The zero-order valence-corrected chi connectivity index (χ0v) is 24.3. The van der Waals surface area contributed by atoms with Crippen LogP contribution in [-0.4, -0.2) is 81.4 Å². The Balaban J connectivity index is 1.32. The molecule has 0 aliphatic carbocycles. The molecule has 3 heterocycles. The number of nitrogens with zero attached hydrogens (tertiary/aromatic N) is 6. The quantitative estimate of drug-likeness (QED) is 0.253. The number of rotatable bonds is 8. The van der Waals surface area contributed by atoms with Crippen LogP contribution in [0.25, 0.3) is 17.1 Å². The molecule has 4 aromatic rings. The lowest BCUT2D eigenvalue weighted by atomic mass is 10.2. The van der Waals surface area contributed by atoms with E-state index in [2.05, 4.69) is 15.2 Å². The second-order valence-corrected chi connectivity index (χ2v) is 11.0. The van der Waals surface area contributed by atoms with Gasteiger partial charge in [0.25, 0.3) is 5.91 Å². The van der Waals surface area contributed by atoms with Crippen molar-refractivity contribution >= 4 is 46.7 Å². The van der Waals surface area contributed by atoms with Gasteiger partial charge in [-0.25, -0.2) is 9.78 Å². The van der Waals surface area contributed by atoms with Gasteiger partial charge in [0.2, 0.25) is 0 Å². The van der Waals surface area contributed by atoms with Crippen LogP contribution >= 0.6 is 34.7 Å². The van der Waals surface area contributed by atoms with Crippen molar-refractivity contribution in [2.75, 3.05) is 39.9 Å². The molecule has 0 atom stereocenters. The summed E-state index contributed by atoms with van der Waals surface area (Å²) in [5, 5.41) is 12.7. The van der Waals surface area contributed by atoms with Gasteiger partial charge in [-0.05, 0) is 31.2 Å². The summed E-state index contributed by atoms with van der Waals surface area (Å²) in [5.74, 6) is 1.61. The molecular weight excluding hydrogens is 572 g/mol. The van der Waals surface area contributed by atoms with Crippen LogP contribution in [0.3, 0.4) is 0 Å². The van der Waals surface area contributed by atoms with E-state index in [1.165, 1.54) is 23.1 Å². The highest BCUT2D eigenvalue weighted by atomic mass is 35.5. The SMILES string of the molecule is CCOC(=O)N1CCN(C(=O)c2csc(CSc3nnc(-c4ccccc4Cl)n3-c3ccccc3OC)n2)CC1.